The number of pyridine rings is 1. The third-order valence-electron chi connectivity index (χ3n) is 4.02. The van der Waals surface area contributed by atoms with E-state index >= 15 is 0 Å². The number of primary amides is 1. The SMILES string of the molecule is Cn1cncc1-c1cc(Oc2ccc(C(N)=O)cc2F)c2ccnn2c1. The third-order valence-corrected chi connectivity index (χ3v) is 4.02. The average Bonchev–Trinajstić information content (AvgIpc) is 3.24. The standard InChI is InChI=1S/C18H14FN5O2/c1-23-10-21-8-15(23)12-7-17(14-4-5-22-24(14)9-12)26-16-3-2-11(18(20)25)6-13(16)19/h2-10H,1H3,(H2,20,25). The van der Waals surface area contributed by atoms with Crippen LogP contribution in [-0.4, -0.2) is 25.1 Å². The number of aryl methyl sites for hydroxylation is 1. The molecular formula is C18H14FN5O2. The first-order valence-corrected chi connectivity index (χ1v) is 7.74. The van der Waals surface area contributed by atoms with Crippen LogP contribution in [0.25, 0.3) is 16.8 Å². The van der Waals surface area contributed by atoms with Crippen LogP contribution in [0.3, 0.4) is 0 Å². The molecule has 0 aliphatic rings. The number of hydrogen-bond donors (Lipinski definition) is 1. The Morgan fingerprint density at radius 2 is 2.08 bits per heavy atom. The molecule has 0 bridgehead atoms. The fourth-order valence-corrected chi connectivity index (χ4v) is 2.71. The zero-order chi connectivity index (χ0) is 18.3. The Hall–Kier alpha value is -3.68. The van der Waals surface area contributed by atoms with Gasteiger partial charge in [0, 0.05) is 24.4 Å². The maximum absolute atomic E-state index is 14.3. The van der Waals surface area contributed by atoms with Crippen LogP contribution in [0.2, 0.25) is 0 Å². The number of rotatable bonds is 4. The van der Waals surface area contributed by atoms with E-state index < -0.39 is 11.7 Å². The van der Waals surface area contributed by atoms with Crippen molar-refractivity contribution in [3.63, 3.8) is 0 Å². The Kier molecular flexibility index (Phi) is 3.65. The van der Waals surface area contributed by atoms with Crippen molar-refractivity contribution in [2.24, 2.45) is 12.8 Å². The minimum atomic E-state index is -0.702. The molecule has 1 amide bonds. The summed E-state index contributed by atoms with van der Waals surface area (Å²) in [6, 6.07) is 7.39. The Balaban J connectivity index is 1.80. The van der Waals surface area contributed by atoms with Crippen LogP contribution in [0.1, 0.15) is 10.4 Å². The van der Waals surface area contributed by atoms with Gasteiger partial charge >= 0.3 is 0 Å². The van der Waals surface area contributed by atoms with Crippen LogP contribution in [0.15, 0.2) is 55.2 Å². The second-order valence-electron chi connectivity index (χ2n) is 5.76. The summed E-state index contributed by atoms with van der Waals surface area (Å²) in [6.07, 6.45) is 6.87. The summed E-state index contributed by atoms with van der Waals surface area (Å²) in [5, 5.41) is 4.23. The lowest BCUT2D eigenvalue weighted by Crippen LogP contribution is -2.11. The summed E-state index contributed by atoms with van der Waals surface area (Å²) in [5.41, 5.74) is 7.59. The molecule has 1 aromatic carbocycles. The number of aromatic nitrogens is 4. The Morgan fingerprint density at radius 1 is 1.23 bits per heavy atom. The van der Waals surface area contributed by atoms with Gasteiger partial charge in [0.05, 0.1) is 24.4 Å². The van der Waals surface area contributed by atoms with E-state index in [0.717, 1.165) is 17.3 Å². The van der Waals surface area contributed by atoms with Crippen molar-refractivity contribution in [2.45, 2.75) is 0 Å². The first kappa shape index (κ1) is 15.8. The first-order chi connectivity index (χ1) is 12.5. The second kappa shape index (κ2) is 5.99. The van der Waals surface area contributed by atoms with Crippen LogP contribution in [-0.2, 0) is 7.05 Å². The van der Waals surface area contributed by atoms with E-state index in [0.29, 0.717) is 11.3 Å². The van der Waals surface area contributed by atoms with Gasteiger partial charge in [0.25, 0.3) is 0 Å². The zero-order valence-corrected chi connectivity index (χ0v) is 13.8. The monoisotopic (exact) mass is 351 g/mol. The predicted octanol–water partition coefficient (Wildman–Crippen LogP) is 2.77. The fraction of sp³-hybridized carbons (Fsp3) is 0.0556. The lowest BCUT2D eigenvalue weighted by molar-refractivity contribution is 0.1000. The third kappa shape index (κ3) is 2.67. The van der Waals surface area contributed by atoms with Gasteiger partial charge < -0.3 is 15.0 Å². The van der Waals surface area contributed by atoms with E-state index in [1.165, 1.54) is 12.1 Å². The Labute approximate surface area is 147 Å². The molecule has 2 N–H and O–H groups in total. The summed E-state index contributed by atoms with van der Waals surface area (Å²) in [6.45, 7) is 0. The molecule has 0 saturated carbocycles. The maximum atomic E-state index is 14.3. The van der Waals surface area contributed by atoms with E-state index in [4.69, 9.17) is 10.5 Å². The topological polar surface area (TPSA) is 87.4 Å². The minimum Gasteiger partial charge on any atom is -0.452 e. The molecular weight excluding hydrogens is 337 g/mol. The van der Waals surface area contributed by atoms with Crippen LogP contribution in [0.4, 0.5) is 4.39 Å². The molecule has 0 aliphatic carbocycles. The number of nitrogens with zero attached hydrogens (tertiary/aromatic N) is 4. The quantitative estimate of drug-likeness (QED) is 0.612. The van der Waals surface area contributed by atoms with Gasteiger partial charge in [-0.1, -0.05) is 0 Å². The number of ether oxygens (including phenoxy) is 1. The second-order valence-corrected chi connectivity index (χ2v) is 5.76. The number of carbonyl (C=O) groups is 1. The predicted molar refractivity (Wildman–Crippen MR) is 92.4 cm³/mol. The molecule has 3 heterocycles. The van der Waals surface area contributed by atoms with Gasteiger partial charge in [-0.25, -0.2) is 13.9 Å². The molecule has 4 rings (SSSR count). The highest BCUT2D eigenvalue weighted by molar-refractivity contribution is 5.92. The molecule has 0 radical (unpaired) electrons. The number of fused-ring (bicyclic) bond motifs is 1. The Morgan fingerprint density at radius 3 is 2.77 bits per heavy atom. The number of nitrogens with two attached hydrogens (primary N) is 1. The van der Waals surface area contributed by atoms with E-state index in [1.807, 2.05) is 17.8 Å². The van der Waals surface area contributed by atoms with Crippen molar-refractivity contribution >= 4 is 11.4 Å². The normalized spacial score (nSPS) is 11.0. The van der Waals surface area contributed by atoms with Crippen molar-refractivity contribution in [1.82, 2.24) is 19.2 Å². The molecule has 0 saturated heterocycles. The van der Waals surface area contributed by atoms with Gasteiger partial charge in [0.15, 0.2) is 17.3 Å². The van der Waals surface area contributed by atoms with Crippen LogP contribution in [0, 0.1) is 5.82 Å². The molecule has 7 nitrogen and oxygen atoms in total. The summed E-state index contributed by atoms with van der Waals surface area (Å²) < 4.78 is 23.6. The van der Waals surface area contributed by atoms with Crippen molar-refractivity contribution < 1.29 is 13.9 Å². The zero-order valence-electron chi connectivity index (χ0n) is 13.8. The average molecular weight is 351 g/mol. The van der Waals surface area contributed by atoms with Gasteiger partial charge in [0.1, 0.15) is 5.52 Å². The summed E-state index contributed by atoms with van der Waals surface area (Å²) in [4.78, 5) is 15.3. The van der Waals surface area contributed by atoms with Crippen molar-refractivity contribution in [3.8, 4) is 22.8 Å². The van der Waals surface area contributed by atoms with Crippen molar-refractivity contribution in [1.29, 1.82) is 0 Å². The summed E-state index contributed by atoms with van der Waals surface area (Å²) >= 11 is 0. The van der Waals surface area contributed by atoms with E-state index in [2.05, 4.69) is 10.1 Å². The van der Waals surface area contributed by atoms with E-state index in [1.54, 1.807) is 35.4 Å². The summed E-state index contributed by atoms with van der Waals surface area (Å²) in [7, 11) is 1.87. The molecule has 3 aromatic heterocycles. The molecule has 130 valence electrons. The molecule has 26 heavy (non-hydrogen) atoms. The summed E-state index contributed by atoms with van der Waals surface area (Å²) in [5.74, 6) is -0.969. The van der Waals surface area contributed by atoms with E-state index in [-0.39, 0.29) is 11.3 Å². The number of benzene rings is 1. The van der Waals surface area contributed by atoms with Crippen LogP contribution >= 0.6 is 0 Å². The molecule has 0 aliphatic heterocycles. The molecule has 4 aromatic rings. The highest BCUT2D eigenvalue weighted by Gasteiger charge is 2.14. The van der Waals surface area contributed by atoms with Crippen LogP contribution in [0.5, 0.6) is 11.5 Å². The van der Waals surface area contributed by atoms with Crippen molar-refractivity contribution in [3.05, 3.63) is 66.6 Å². The fourth-order valence-electron chi connectivity index (χ4n) is 2.71. The number of halogens is 1. The van der Waals surface area contributed by atoms with Gasteiger partial charge in [-0.3, -0.25) is 4.79 Å². The minimum absolute atomic E-state index is 0.0137. The van der Waals surface area contributed by atoms with Gasteiger partial charge in [0.2, 0.25) is 5.91 Å². The van der Waals surface area contributed by atoms with E-state index in [9.17, 15) is 9.18 Å². The highest BCUT2D eigenvalue weighted by Crippen LogP contribution is 2.32. The van der Waals surface area contributed by atoms with Gasteiger partial charge in [-0.15, -0.1) is 0 Å². The lowest BCUT2D eigenvalue weighted by atomic mass is 10.2. The van der Waals surface area contributed by atoms with Crippen molar-refractivity contribution in [2.75, 3.05) is 0 Å². The van der Waals surface area contributed by atoms with Gasteiger partial charge in [-0.2, -0.15) is 5.10 Å². The number of carbonyl (C=O) groups excluding carboxylic acids is 1. The number of hydrogen-bond acceptors (Lipinski definition) is 4. The van der Waals surface area contributed by atoms with Crippen LogP contribution < -0.4 is 10.5 Å². The number of imidazole rings is 1. The molecule has 0 fully saturated rings. The lowest BCUT2D eigenvalue weighted by Gasteiger charge is -2.11. The molecule has 0 unspecified atom stereocenters. The molecule has 8 heteroatoms. The molecule has 0 spiro atoms. The Bertz CT molecular complexity index is 1130. The molecule has 0 atom stereocenters. The smallest absolute Gasteiger partial charge is 0.248 e. The number of amides is 1. The first-order valence-electron chi connectivity index (χ1n) is 7.74. The largest absolute Gasteiger partial charge is 0.452 e. The maximum Gasteiger partial charge on any atom is 0.248 e. The van der Waals surface area contributed by atoms with Gasteiger partial charge in [-0.05, 0) is 30.3 Å². The highest BCUT2D eigenvalue weighted by atomic mass is 19.1.